The van der Waals surface area contributed by atoms with Gasteiger partial charge in [0.25, 0.3) is 0 Å². The first-order valence-corrected chi connectivity index (χ1v) is 7.17. The van der Waals surface area contributed by atoms with Gasteiger partial charge in [-0.1, -0.05) is 32.6 Å². The zero-order chi connectivity index (χ0) is 12.3. The van der Waals surface area contributed by atoms with E-state index in [1.54, 1.807) is 0 Å². The highest BCUT2D eigenvalue weighted by atomic mass is 16.1. The summed E-state index contributed by atoms with van der Waals surface area (Å²) in [6, 6.07) is 0.477. The van der Waals surface area contributed by atoms with Crippen molar-refractivity contribution in [2.24, 2.45) is 5.92 Å². The largest absolute Gasteiger partial charge is 0.353 e. The summed E-state index contributed by atoms with van der Waals surface area (Å²) in [6.45, 7) is 2.20. The highest BCUT2D eigenvalue weighted by Gasteiger charge is 2.38. The van der Waals surface area contributed by atoms with Crippen LogP contribution in [0.2, 0.25) is 0 Å². The number of rotatable bonds is 5. The van der Waals surface area contributed by atoms with E-state index in [9.17, 15) is 4.79 Å². The third-order valence-corrected chi connectivity index (χ3v) is 4.63. The van der Waals surface area contributed by atoms with Crippen LogP contribution in [0.1, 0.15) is 58.3 Å². The van der Waals surface area contributed by atoms with Gasteiger partial charge in [0.2, 0.25) is 5.91 Å². The minimum atomic E-state index is 0.0823. The lowest BCUT2D eigenvalue weighted by Crippen LogP contribution is -2.48. The molecule has 0 aromatic heterocycles. The highest BCUT2D eigenvalue weighted by molar-refractivity contribution is 5.78. The predicted octanol–water partition coefficient (Wildman–Crippen LogP) is 2.21. The Morgan fingerprint density at radius 2 is 2.00 bits per heavy atom. The van der Waals surface area contributed by atoms with Crippen LogP contribution in [0, 0.1) is 5.92 Å². The Bertz CT molecular complexity index is 271. The van der Waals surface area contributed by atoms with Crippen molar-refractivity contribution >= 4 is 5.91 Å². The van der Waals surface area contributed by atoms with Gasteiger partial charge in [-0.25, -0.2) is 0 Å². The van der Waals surface area contributed by atoms with E-state index in [0.29, 0.717) is 12.5 Å². The van der Waals surface area contributed by atoms with Gasteiger partial charge in [0, 0.05) is 18.0 Å². The van der Waals surface area contributed by atoms with E-state index in [-0.39, 0.29) is 11.4 Å². The fraction of sp³-hybridized carbons (Fsp3) is 0.929. The Morgan fingerprint density at radius 1 is 1.29 bits per heavy atom. The molecule has 1 amide bonds. The van der Waals surface area contributed by atoms with Crippen molar-refractivity contribution in [2.75, 3.05) is 7.05 Å². The van der Waals surface area contributed by atoms with E-state index in [1.807, 2.05) is 7.05 Å². The summed E-state index contributed by atoms with van der Waals surface area (Å²) in [5.74, 6) is 0.998. The van der Waals surface area contributed by atoms with Gasteiger partial charge < -0.3 is 10.6 Å². The minimum absolute atomic E-state index is 0.0823. The van der Waals surface area contributed by atoms with Crippen LogP contribution in [0.15, 0.2) is 0 Å². The lowest BCUT2D eigenvalue weighted by atomic mass is 9.79. The lowest BCUT2D eigenvalue weighted by Gasteiger charge is -2.36. The van der Waals surface area contributed by atoms with Crippen molar-refractivity contribution in [1.82, 2.24) is 10.6 Å². The summed E-state index contributed by atoms with van der Waals surface area (Å²) >= 11 is 0. The summed E-state index contributed by atoms with van der Waals surface area (Å²) in [5.41, 5.74) is 0.0823. The molecule has 0 aromatic rings. The Kier molecular flexibility index (Phi) is 4.08. The number of hydrogen-bond donors (Lipinski definition) is 2. The van der Waals surface area contributed by atoms with Crippen LogP contribution in [-0.4, -0.2) is 24.5 Å². The van der Waals surface area contributed by atoms with Gasteiger partial charge >= 0.3 is 0 Å². The van der Waals surface area contributed by atoms with E-state index in [4.69, 9.17) is 0 Å². The number of hydrogen-bond acceptors (Lipinski definition) is 2. The monoisotopic (exact) mass is 238 g/mol. The van der Waals surface area contributed by atoms with Crippen LogP contribution < -0.4 is 10.6 Å². The molecule has 0 bridgehead atoms. The zero-order valence-electron chi connectivity index (χ0n) is 11.2. The predicted molar refractivity (Wildman–Crippen MR) is 69.8 cm³/mol. The maximum absolute atomic E-state index is 12.0. The molecule has 0 aromatic carbocycles. The second-order valence-corrected chi connectivity index (χ2v) is 5.85. The van der Waals surface area contributed by atoms with E-state index >= 15 is 0 Å². The SMILES string of the molecule is CCC1CC1NC(=O)CC1(NC)CCCCC1. The van der Waals surface area contributed by atoms with Crippen LogP contribution in [0.4, 0.5) is 0 Å². The molecule has 2 rings (SSSR count). The molecule has 2 aliphatic rings. The van der Waals surface area contributed by atoms with E-state index in [2.05, 4.69) is 17.6 Å². The summed E-state index contributed by atoms with van der Waals surface area (Å²) in [6.07, 6.45) is 9.20. The summed E-state index contributed by atoms with van der Waals surface area (Å²) in [4.78, 5) is 12.0. The fourth-order valence-corrected chi connectivity index (χ4v) is 3.18. The Labute approximate surface area is 105 Å². The summed E-state index contributed by atoms with van der Waals surface area (Å²) in [7, 11) is 2.00. The number of carbonyl (C=O) groups is 1. The molecule has 3 nitrogen and oxygen atoms in total. The lowest BCUT2D eigenvalue weighted by molar-refractivity contribution is -0.123. The molecule has 98 valence electrons. The first-order valence-electron chi connectivity index (χ1n) is 7.17. The molecule has 3 heteroatoms. The van der Waals surface area contributed by atoms with Gasteiger partial charge in [0.15, 0.2) is 0 Å². The van der Waals surface area contributed by atoms with Crippen molar-refractivity contribution in [3.8, 4) is 0 Å². The Balaban J connectivity index is 1.79. The highest BCUT2D eigenvalue weighted by Crippen LogP contribution is 2.34. The van der Waals surface area contributed by atoms with Gasteiger partial charge in [0.05, 0.1) is 0 Å². The fourth-order valence-electron chi connectivity index (χ4n) is 3.18. The van der Waals surface area contributed by atoms with Crippen molar-refractivity contribution in [2.45, 2.75) is 69.9 Å². The standard InChI is InChI=1S/C14H26N2O/c1-3-11-9-12(11)16-13(17)10-14(15-2)7-5-4-6-8-14/h11-12,15H,3-10H2,1-2H3,(H,16,17). The van der Waals surface area contributed by atoms with Crippen LogP contribution in [-0.2, 0) is 4.79 Å². The molecule has 0 heterocycles. The Morgan fingerprint density at radius 3 is 2.53 bits per heavy atom. The molecule has 2 atom stereocenters. The Hall–Kier alpha value is -0.570. The third kappa shape index (κ3) is 3.21. The number of nitrogens with one attached hydrogen (secondary N) is 2. The zero-order valence-corrected chi connectivity index (χ0v) is 11.2. The molecule has 0 radical (unpaired) electrons. The normalized spacial score (nSPS) is 30.9. The topological polar surface area (TPSA) is 41.1 Å². The summed E-state index contributed by atoms with van der Waals surface area (Å²) in [5, 5.41) is 6.59. The molecular formula is C14H26N2O. The van der Waals surface area contributed by atoms with Gasteiger partial charge in [0.1, 0.15) is 0 Å². The number of carbonyl (C=O) groups excluding carboxylic acids is 1. The second-order valence-electron chi connectivity index (χ2n) is 5.85. The maximum Gasteiger partial charge on any atom is 0.222 e. The van der Waals surface area contributed by atoms with Crippen molar-refractivity contribution < 1.29 is 4.79 Å². The minimum Gasteiger partial charge on any atom is -0.353 e. The molecule has 2 saturated carbocycles. The molecule has 17 heavy (non-hydrogen) atoms. The molecule has 2 unspecified atom stereocenters. The van der Waals surface area contributed by atoms with Crippen LogP contribution in [0.5, 0.6) is 0 Å². The van der Waals surface area contributed by atoms with E-state index in [0.717, 1.165) is 18.8 Å². The van der Waals surface area contributed by atoms with Gasteiger partial charge in [-0.05, 0) is 32.2 Å². The average Bonchev–Trinajstić information content (AvgIpc) is 3.08. The molecular weight excluding hydrogens is 212 g/mol. The molecule has 0 saturated heterocycles. The molecule has 2 aliphatic carbocycles. The van der Waals surface area contributed by atoms with Crippen LogP contribution in [0.3, 0.4) is 0 Å². The van der Waals surface area contributed by atoms with E-state index in [1.165, 1.54) is 32.1 Å². The summed E-state index contributed by atoms with van der Waals surface area (Å²) < 4.78 is 0. The smallest absolute Gasteiger partial charge is 0.222 e. The maximum atomic E-state index is 12.0. The number of amides is 1. The van der Waals surface area contributed by atoms with Crippen molar-refractivity contribution in [3.05, 3.63) is 0 Å². The molecule has 2 N–H and O–H groups in total. The molecule has 0 aliphatic heterocycles. The van der Waals surface area contributed by atoms with Gasteiger partial charge in [-0.3, -0.25) is 4.79 Å². The first kappa shape index (κ1) is 12.9. The molecule has 2 fully saturated rings. The van der Waals surface area contributed by atoms with Gasteiger partial charge in [-0.15, -0.1) is 0 Å². The first-order chi connectivity index (χ1) is 8.19. The van der Waals surface area contributed by atoms with E-state index < -0.39 is 0 Å². The molecule has 0 spiro atoms. The quantitative estimate of drug-likeness (QED) is 0.771. The average molecular weight is 238 g/mol. The second kappa shape index (κ2) is 5.38. The van der Waals surface area contributed by atoms with Crippen LogP contribution in [0.25, 0.3) is 0 Å². The van der Waals surface area contributed by atoms with Crippen LogP contribution >= 0.6 is 0 Å². The third-order valence-electron chi connectivity index (χ3n) is 4.63. The van der Waals surface area contributed by atoms with Crippen molar-refractivity contribution in [3.63, 3.8) is 0 Å². The van der Waals surface area contributed by atoms with Crippen molar-refractivity contribution in [1.29, 1.82) is 0 Å². The van der Waals surface area contributed by atoms with Gasteiger partial charge in [-0.2, -0.15) is 0 Å².